The summed E-state index contributed by atoms with van der Waals surface area (Å²) in [5, 5.41) is 18.7. The molecule has 1 fully saturated rings. The van der Waals surface area contributed by atoms with Crippen LogP contribution in [0.25, 0.3) is 0 Å². The van der Waals surface area contributed by atoms with Crippen LogP contribution >= 0.6 is 0 Å². The van der Waals surface area contributed by atoms with Crippen LogP contribution in [0.2, 0.25) is 0 Å². The fraction of sp³-hybridized carbons (Fsp3) is 0.800. The predicted molar refractivity (Wildman–Crippen MR) is 81.9 cm³/mol. The van der Waals surface area contributed by atoms with Crippen LogP contribution in [0.5, 0.6) is 0 Å². The van der Waals surface area contributed by atoms with Gasteiger partial charge in [-0.15, -0.1) is 0 Å². The molecule has 0 bridgehead atoms. The van der Waals surface area contributed by atoms with Crippen molar-refractivity contribution >= 4 is 0 Å². The SMILES string of the molecule is CCN(CCO)C[C@H]1CN(Cc2ncc(C)[nH]2)C[C@H]1CO. The first kappa shape index (κ1) is 16.4. The second-order valence-electron chi connectivity index (χ2n) is 6.03. The van der Waals surface area contributed by atoms with Gasteiger partial charge in [0.1, 0.15) is 5.82 Å². The minimum Gasteiger partial charge on any atom is -0.396 e. The number of aryl methyl sites for hydroxylation is 1. The fourth-order valence-electron chi connectivity index (χ4n) is 3.19. The third-order valence-electron chi connectivity index (χ3n) is 4.37. The lowest BCUT2D eigenvalue weighted by molar-refractivity contribution is 0.147. The Hall–Kier alpha value is -0.950. The number of likely N-dealkylation sites (tertiary alicyclic amines) is 1. The molecule has 1 aromatic heterocycles. The number of imidazole rings is 1. The number of hydrogen-bond donors (Lipinski definition) is 3. The second-order valence-corrected chi connectivity index (χ2v) is 6.03. The highest BCUT2D eigenvalue weighted by Gasteiger charge is 2.33. The van der Waals surface area contributed by atoms with E-state index in [0.717, 1.165) is 44.2 Å². The molecule has 0 saturated carbocycles. The maximum absolute atomic E-state index is 9.62. The summed E-state index contributed by atoms with van der Waals surface area (Å²) in [6, 6.07) is 0. The molecule has 0 unspecified atom stereocenters. The highest BCUT2D eigenvalue weighted by molar-refractivity contribution is 4.99. The number of aliphatic hydroxyl groups is 2. The summed E-state index contributed by atoms with van der Waals surface area (Å²) >= 11 is 0. The second kappa shape index (κ2) is 7.89. The first-order chi connectivity index (χ1) is 10.2. The lowest BCUT2D eigenvalue weighted by Gasteiger charge is -2.25. The van der Waals surface area contributed by atoms with Gasteiger partial charge in [0, 0.05) is 44.7 Å². The van der Waals surface area contributed by atoms with E-state index >= 15 is 0 Å². The van der Waals surface area contributed by atoms with E-state index < -0.39 is 0 Å². The van der Waals surface area contributed by atoms with Gasteiger partial charge in [-0.1, -0.05) is 6.92 Å². The summed E-state index contributed by atoms with van der Waals surface area (Å²) in [6.45, 7) is 9.84. The minimum absolute atomic E-state index is 0.194. The van der Waals surface area contributed by atoms with Crippen LogP contribution < -0.4 is 0 Å². The molecule has 6 heteroatoms. The van der Waals surface area contributed by atoms with Gasteiger partial charge in [-0.05, 0) is 25.3 Å². The van der Waals surface area contributed by atoms with Gasteiger partial charge >= 0.3 is 0 Å². The quantitative estimate of drug-likeness (QED) is 0.633. The van der Waals surface area contributed by atoms with Crippen molar-refractivity contribution in [3.63, 3.8) is 0 Å². The van der Waals surface area contributed by atoms with Gasteiger partial charge < -0.3 is 20.1 Å². The van der Waals surface area contributed by atoms with Gasteiger partial charge in [0.05, 0.1) is 13.2 Å². The number of nitrogens with one attached hydrogen (secondary N) is 1. The summed E-state index contributed by atoms with van der Waals surface area (Å²) in [6.07, 6.45) is 1.85. The molecule has 0 aliphatic carbocycles. The summed E-state index contributed by atoms with van der Waals surface area (Å²) in [5.41, 5.74) is 1.08. The van der Waals surface area contributed by atoms with E-state index in [9.17, 15) is 5.11 Å². The molecule has 2 atom stereocenters. The molecule has 0 spiro atoms. The monoisotopic (exact) mass is 296 g/mol. The number of aromatic nitrogens is 2. The molecule has 21 heavy (non-hydrogen) atoms. The molecule has 1 aromatic rings. The first-order valence-electron chi connectivity index (χ1n) is 7.83. The molecule has 6 nitrogen and oxygen atoms in total. The Bertz CT molecular complexity index is 424. The normalized spacial score (nSPS) is 23.3. The lowest BCUT2D eigenvalue weighted by atomic mass is 9.96. The Morgan fingerprint density at radius 1 is 1.38 bits per heavy atom. The molecular weight excluding hydrogens is 268 g/mol. The van der Waals surface area contributed by atoms with Gasteiger partial charge in [-0.25, -0.2) is 4.98 Å². The largest absolute Gasteiger partial charge is 0.396 e. The molecule has 0 aromatic carbocycles. The minimum atomic E-state index is 0.194. The molecule has 0 radical (unpaired) electrons. The van der Waals surface area contributed by atoms with Gasteiger partial charge in [-0.3, -0.25) is 4.90 Å². The Morgan fingerprint density at radius 2 is 2.14 bits per heavy atom. The van der Waals surface area contributed by atoms with Crippen molar-refractivity contribution < 1.29 is 10.2 Å². The van der Waals surface area contributed by atoms with Crippen LogP contribution in [0, 0.1) is 18.8 Å². The van der Waals surface area contributed by atoms with Crippen LogP contribution in [0.15, 0.2) is 6.20 Å². The Kier molecular flexibility index (Phi) is 6.17. The first-order valence-corrected chi connectivity index (χ1v) is 7.83. The van der Waals surface area contributed by atoms with Gasteiger partial charge in [0.15, 0.2) is 0 Å². The van der Waals surface area contributed by atoms with Crippen molar-refractivity contribution in [1.29, 1.82) is 0 Å². The van der Waals surface area contributed by atoms with Crippen LogP contribution in [0.1, 0.15) is 18.4 Å². The van der Waals surface area contributed by atoms with Crippen LogP contribution in [-0.4, -0.2) is 75.9 Å². The maximum atomic E-state index is 9.62. The zero-order valence-electron chi connectivity index (χ0n) is 13.1. The van der Waals surface area contributed by atoms with Gasteiger partial charge in [0.2, 0.25) is 0 Å². The molecule has 1 aliphatic heterocycles. The number of aliphatic hydroxyl groups excluding tert-OH is 2. The molecule has 120 valence electrons. The molecule has 0 amide bonds. The molecule has 1 saturated heterocycles. The van der Waals surface area contributed by atoms with Crippen molar-refractivity contribution in [2.75, 3.05) is 45.9 Å². The van der Waals surface area contributed by atoms with Crippen molar-refractivity contribution in [1.82, 2.24) is 19.8 Å². The van der Waals surface area contributed by atoms with E-state index in [-0.39, 0.29) is 13.2 Å². The van der Waals surface area contributed by atoms with Crippen molar-refractivity contribution in [3.8, 4) is 0 Å². The molecule has 2 heterocycles. The molecular formula is C15H28N4O2. The molecule has 3 N–H and O–H groups in total. The fourth-order valence-corrected chi connectivity index (χ4v) is 3.19. The smallest absolute Gasteiger partial charge is 0.120 e. The number of hydrogen-bond acceptors (Lipinski definition) is 5. The highest BCUT2D eigenvalue weighted by Crippen LogP contribution is 2.25. The summed E-state index contributed by atoms with van der Waals surface area (Å²) in [7, 11) is 0. The zero-order chi connectivity index (χ0) is 15.2. The van der Waals surface area contributed by atoms with Crippen molar-refractivity contribution in [3.05, 3.63) is 17.7 Å². The van der Waals surface area contributed by atoms with Crippen LogP contribution in [-0.2, 0) is 6.54 Å². The van der Waals surface area contributed by atoms with Crippen LogP contribution in [0.4, 0.5) is 0 Å². The van der Waals surface area contributed by atoms with E-state index in [4.69, 9.17) is 5.11 Å². The highest BCUT2D eigenvalue weighted by atomic mass is 16.3. The number of aromatic amines is 1. The number of rotatable bonds is 8. The topological polar surface area (TPSA) is 75.6 Å². The third-order valence-corrected chi connectivity index (χ3v) is 4.37. The number of nitrogens with zero attached hydrogens (tertiary/aromatic N) is 3. The van der Waals surface area contributed by atoms with E-state index in [1.165, 1.54) is 0 Å². The summed E-state index contributed by atoms with van der Waals surface area (Å²) < 4.78 is 0. The van der Waals surface area contributed by atoms with Crippen LogP contribution in [0.3, 0.4) is 0 Å². The Balaban J connectivity index is 1.90. The molecule has 1 aliphatic rings. The number of likely N-dealkylation sites (N-methyl/N-ethyl adjacent to an activating group) is 1. The van der Waals surface area contributed by atoms with E-state index in [1.807, 2.05) is 13.1 Å². The lowest BCUT2D eigenvalue weighted by Crippen LogP contribution is -2.35. The summed E-state index contributed by atoms with van der Waals surface area (Å²) in [5.74, 6) is 1.76. The standard InChI is InChI=1S/C15H28N4O2/c1-3-18(4-5-20)7-13-8-19(9-14(13)11-21)10-15-16-6-12(2)17-15/h6,13-14,20-21H,3-5,7-11H2,1-2H3,(H,16,17)/t13-,14-/m0/s1. The van der Waals surface area contributed by atoms with Crippen molar-refractivity contribution in [2.24, 2.45) is 11.8 Å². The predicted octanol–water partition coefficient (Wildman–Crippen LogP) is 0.0726. The number of H-pyrrole nitrogens is 1. The maximum Gasteiger partial charge on any atom is 0.120 e. The average molecular weight is 296 g/mol. The molecule has 2 rings (SSSR count). The third kappa shape index (κ3) is 4.51. The van der Waals surface area contributed by atoms with E-state index in [1.54, 1.807) is 0 Å². The van der Waals surface area contributed by atoms with E-state index in [0.29, 0.717) is 18.4 Å². The van der Waals surface area contributed by atoms with Crippen molar-refractivity contribution in [2.45, 2.75) is 20.4 Å². The Labute approximate surface area is 126 Å². The zero-order valence-corrected chi connectivity index (χ0v) is 13.1. The Morgan fingerprint density at radius 3 is 2.71 bits per heavy atom. The average Bonchev–Trinajstić information content (AvgIpc) is 3.05. The van der Waals surface area contributed by atoms with Gasteiger partial charge in [-0.2, -0.15) is 0 Å². The summed E-state index contributed by atoms with van der Waals surface area (Å²) in [4.78, 5) is 12.2. The van der Waals surface area contributed by atoms with Gasteiger partial charge in [0.25, 0.3) is 0 Å². The van der Waals surface area contributed by atoms with E-state index in [2.05, 4.69) is 26.7 Å².